The molecule has 0 aliphatic rings. The van der Waals surface area contributed by atoms with E-state index in [0.717, 1.165) is 24.9 Å². The smallest absolute Gasteiger partial charge is 0.240 e. The molecule has 0 atom stereocenters. The number of benzene rings is 1. The number of ether oxygens (including phenoxy) is 1. The van der Waals surface area contributed by atoms with Gasteiger partial charge in [-0.05, 0) is 23.6 Å². The minimum absolute atomic E-state index is 0.243. The van der Waals surface area contributed by atoms with E-state index in [4.69, 9.17) is 4.74 Å². The molecule has 0 aromatic heterocycles. The Morgan fingerprint density at radius 3 is 2.58 bits per heavy atom. The zero-order chi connectivity index (χ0) is 19.4. The lowest BCUT2D eigenvalue weighted by atomic mass is 10.0. The van der Waals surface area contributed by atoms with E-state index in [2.05, 4.69) is 34.2 Å². The maximum atomic E-state index is 12.3. The molecule has 1 aromatic rings. The summed E-state index contributed by atoms with van der Waals surface area (Å²) in [6, 6.07) is 6.87. The van der Waals surface area contributed by atoms with E-state index < -0.39 is 10.0 Å². The van der Waals surface area contributed by atoms with Crippen molar-refractivity contribution in [2.45, 2.75) is 38.1 Å². The fraction of sp³-hybridized carbons (Fsp3) is 0.611. The number of guanidine groups is 1. The molecule has 0 aliphatic carbocycles. The maximum absolute atomic E-state index is 12.3. The molecule has 7 nitrogen and oxygen atoms in total. The summed E-state index contributed by atoms with van der Waals surface area (Å²) in [5.41, 5.74) is 0.866. The molecule has 0 saturated carbocycles. The number of hydrogen-bond acceptors (Lipinski definition) is 4. The monoisotopic (exact) mass is 384 g/mol. The second-order valence-electron chi connectivity index (χ2n) is 6.03. The summed E-state index contributed by atoms with van der Waals surface area (Å²) >= 11 is 0. The third-order valence-corrected chi connectivity index (χ3v) is 5.66. The van der Waals surface area contributed by atoms with Gasteiger partial charge in [0.2, 0.25) is 10.0 Å². The van der Waals surface area contributed by atoms with Crippen molar-refractivity contribution in [1.82, 2.24) is 15.4 Å². The Bertz CT molecular complexity index is 658. The van der Waals surface area contributed by atoms with Crippen LogP contribution in [0.3, 0.4) is 0 Å². The fourth-order valence-corrected chi connectivity index (χ4v) is 3.49. The number of aliphatic imine (C=N–C) groups is 1. The van der Waals surface area contributed by atoms with Crippen molar-refractivity contribution in [2.24, 2.45) is 10.9 Å². The average molecular weight is 385 g/mol. The van der Waals surface area contributed by atoms with Gasteiger partial charge in [0.1, 0.15) is 0 Å². The van der Waals surface area contributed by atoms with Gasteiger partial charge in [0.05, 0.1) is 11.5 Å². The van der Waals surface area contributed by atoms with Crippen LogP contribution in [0.4, 0.5) is 0 Å². The van der Waals surface area contributed by atoms with Gasteiger partial charge >= 0.3 is 0 Å². The van der Waals surface area contributed by atoms with Gasteiger partial charge in [-0.2, -0.15) is 0 Å². The van der Waals surface area contributed by atoms with Gasteiger partial charge in [-0.1, -0.05) is 38.8 Å². The van der Waals surface area contributed by atoms with Crippen molar-refractivity contribution in [3.05, 3.63) is 29.8 Å². The van der Waals surface area contributed by atoms with Crippen molar-refractivity contribution in [3.8, 4) is 0 Å². The Balaban J connectivity index is 2.65. The fourth-order valence-electron chi connectivity index (χ4n) is 2.41. The van der Waals surface area contributed by atoms with E-state index in [0.29, 0.717) is 25.0 Å². The molecular formula is C18H32N4O3S. The van der Waals surface area contributed by atoms with Gasteiger partial charge in [-0.25, -0.2) is 13.1 Å². The van der Waals surface area contributed by atoms with E-state index in [1.54, 1.807) is 25.2 Å². The van der Waals surface area contributed by atoms with E-state index in [1.165, 1.54) is 7.11 Å². The topological polar surface area (TPSA) is 91.8 Å². The van der Waals surface area contributed by atoms with Gasteiger partial charge in [-0.15, -0.1) is 0 Å². The summed E-state index contributed by atoms with van der Waals surface area (Å²) in [6.45, 7) is 6.29. The summed E-state index contributed by atoms with van der Waals surface area (Å²) < 4.78 is 31.9. The van der Waals surface area contributed by atoms with Crippen molar-refractivity contribution in [2.75, 3.05) is 33.9 Å². The Morgan fingerprint density at radius 2 is 1.96 bits per heavy atom. The molecule has 3 N–H and O–H groups in total. The largest absolute Gasteiger partial charge is 0.383 e. The predicted octanol–water partition coefficient (Wildman–Crippen LogP) is 1.71. The Kier molecular flexibility index (Phi) is 10.2. The lowest BCUT2D eigenvalue weighted by Crippen LogP contribution is -2.39. The minimum atomic E-state index is -3.53. The van der Waals surface area contributed by atoms with Crippen LogP contribution in [-0.2, 0) is 21.3 Å². The first-order valence-corrected chi connectivity index (χ1v) is 10.5. The molecule has 0 heterocycles. The van der Waals surface area contributed by atoms with Crippen LogP contribution in [0.15, 0.2) is 34.2 Å². The molecule has 1 rings (SSSR count). The summed E-state index contributed by atoms with van der Waals surface area (Å²) in [7, 11) is -0.274. The maximum Gasteiger partial charge on any atom is 0.240 e. The van der Waals surface area contributed by atoms with Gasteiger partial charge in [0.15, 0.2) is 5.96 Å². The number of sulfonamides is 1. The highest BCUT2D eigenvalue weighted by atomic mass is 32.2. The van der Waals surface area contributed by atoms with Crippen LogP contribution in [0.2, 0.25) is 0 Å². The standard InChI is InChI=1S/C18H32N4O3S/c1-5-15(6-2)13-20-18(19-3)21-14-16-8-7-9-17(12-16)26(23,24)22-10-11-25-4/h7-9,12,15,22H,5-6,10-11,13-14H2,1-4H3,(H2,19,20,21). The van der Waals surface area contributed by atoms with Gasteiger partial charge in [-0.3, -0.25) is 4.99 Å². The summed E-state index contributed by atoms with van der Waals surface area (Å²) in [6.07, 6.45) is 2.24. The lowest BCUT2D eigenvalue weighted by molar-refractivity contribution is 0.204. The molecule has 0 unspecified atom stereocenters. The van der Waals surface area contributed by atoms with E-state index in [9.17, 15) is 8.42 Å². The molecule has 26 heavy (non-hydrogen) atoms. The Hall–Kier alpha value is -1.64. The van der Waals surface area contributed by atoms with Crippen LogP contribution < -0.4 is 15.4 Å². The molecule has 0 aliphatic heterocycles. The van der Waals surface area contributed by atoms with Crippen molar-refractivity contribution < 1.29 is 13.2 Å². The SMILES string of the molecule is CCC(CC)CNC(=NC)NCc1cccc(S(=O)(=O)NCCOC)c1. The molecule has 0 saturated heterocycles. The van der Waals surface area contributed by atoms with Crippen LogP contribution in [0, 0.1) is 5.92 Å². The van der Waals surface area contributed by atoms with Crippen molar-refractivity contribution >= 4 is 16.0 Å². The number of nitrogens with zero attached hydrogens (tertiary/aromatic N) is 1. The summed E-state index contributed by atoms with van der Waals surface area (Å²) in [5, 5.41) is 6.54. The quantitative estimate of drug-likeness (QED) is 0.307. The van der Waals surface area contributed by atoms with Crippen LogP contribution >= 0.6 is 0 Å². The highest BCUT2D eigenvalue weighted by molar-refractivity contribution is 7.89. The Labute approximate surface area is 157 Å². The number of methoxy groups -OCH3 is 1. The first-order valence-electron chi connectivity index (χ1n) is 8.98. The number of nitrogens with one attached hydrogen (secondary N) is 3. The Morgan fingerprint density at radius 1 is 1.23 bits per heavy atom. The van der Waals surface area contributed by atoms with E-state index >= 15 is 0 Å². The van der Waals surface area contributed by atoms with Crippen molar-refractivity contribution in [3.63, 3.8) is 0 Å². The molecule has 0 fully saturated rings. The van der Waals surface area contributed by atoms with E-state index in [-0.39, 0.29) is 11.4 Å². The van der Waals surface area contributed by atoms with Gasteiger partial charge in [0, 0.05) is 33.8 Å². The van der Waals surface area contributed by atoms with Crippen LogP contribution in [0.5, 0.6) is 0 Å². The first-order chi connectivity index (χ1) is 12.5. The highest BCUT2D eigenvalue weighted by Gasteiger charge is 2.13. The highest BCUT2D eigenvalue weighted by Crippen LogP contribution is 2.11. The second-order valence-corrected chi connectivity index (χ2v) is 7.79. The normalized spacial score (nSPS) is 12.4. The minimum Gasteiger partial charge on any atom is -0.383 e. The summed E-state index contributed by atoms with van der Waals surface area (Å²) in [4.78, 5) is 4.46. The molecule has 0 radical (unpaired) electrons. The molecule has 8 heteroatoms. The lowest BCUT2D eigenvalue weighted by Gasteiger charge is -2.17. The first kappa shape index (κ1) is 22.4. The van der Waals surface area contributed by atoms with Gasteiger partial charge < -0.3 is 15.4 Å². The van der Waals surface area contributed by atoms with Crippen LogP contribution in [-0.4, -0.2) is 48.2 Å². The van der Waals surface area contributed by atoms with Gasteiger partial charge in [0.25, 0.3) is 0 Å². The second kappa shape index (κ2) is 11.9. The predicted molar refractivity (Wildman–Crippen MR) is 106 cm³/mol. The third kappa shape index (κ3) is 7.72. The van der Waals surface area contributed by atoms with E-state index in [1.807, 2.05) is 6.07 Å². The molecular weight excluding hydrogens is 352 g/mol. The van der Waals surface area contributed by atoms with Crippen LogP contribution in [0.1, 0.15) is 32.3 Å². The molecule has 148 valence electrons. The van der Waals surface area contributed by atoms with Crippen molar-refractivity contribution in [1.29, 1.82) is 0 Å². The number of rotatable bonds is 11. The average Bonchev–Trinajstić information content (AvgIpc) is 2.65. The number of hydrogen-bond donors (Lipinski definition) is 3. The molecule has 0 bridgehead atoms. The molecule has 0 spiro atoms. The molecule has 0 amide bonds. The molecule has 1 aromatic carbocycles. The zero-order valence-corrected chi connectivity index (χ0v) is 17.0. The zero-order valence-electron chi connectivity index (χ0n) is 16.2. The third-order valence-electron chi connectivity index (χ3n) is 4.20. The summed E-state index contributed by atoms with van der Waals surface area (Å²) in [5.74, 6) is 1.32. The van der Waals surface area contributed by atoms with Crippen LogP contribution in [0.25, 0.3) is 0 Å².